The fourth-order valence-corrected chi connectivity index (χ4v) is 4.86. The minimum atomic E-state index is -3.60. The molecule has 0 saturated heterocycles. The molecule has 0 spiro atoms. The maximum Gasteiger partial charge on any atom is 0.323 e. The maximum atomic E-state index is 12.9. The molecule has 3 N–H and O–H groups in total. The van der Waals surface area contributed by atoms with Gasteiger partial charge in [-0.05, 0) is 60.9 Å². The summed E-state index contributed by atoms with van der Waals surface area (Å²) in [5.74, 6) is -0.137. The predicted octanol–water partition coefficient (Wildman–Crippen LogP) is 4.94. The molecular formula is C27H38N4O4S. The van der Waals surface area contributed by atoms with E-state index in [9.17, 15) is 18.0 Å². The summed E-state index contributed by atoms with van der Waals surface area (Å²) in [5, 5.41) is 5.90. The summed E-state index contributed by atoms with van der Waals surface area (Å²) in [6.45, 7) is 12.3. The van der Waals surface area contributed by atoms with Crippen LogP contribution < -0.4 is 20.3 Å². The van der Waals surface area contributed by atoms with Crippen LogP contribution in [0.4, 0.5) is 21.9 Å². The van der Waals surface area contributed by atoms with Gasteiger partial charge in [-0.3, -0.25) is 9.52 Å². The molecule has 1 aliphatic carbocycles. The summed E-state index contributed by atoms with van der Waals surface area (Å²) >= 11 is 0. The Bertz CT molecular complexity index is 1180. The Kier molecular flexibility index (Phi) is 8.66. The molecule has 0 heterocycles. The van der Waals surface area contributed by atoms with Gasteiger partial charge < -0.3 is 15.5 Å². The van der Waals surface area contributed by atoms with Crippen molar-refractivity contribution in [3.05, 3.63) is 53.6 Å². The smallest absolute Gasteiger partial charge is 0.323 e. The van der Waals surface area contributed by atoms with E-state index < -0.39 is 21.8 Å². The highest BCUT2D eigenvalue weighted by Crippen LogP contribution is 2.49. The van der Waals surface area contributed by atoms with Gasteiger partial charge in [-0.25, -0.2) is 13.2 Å². The third-order valence-corrected chi connectivity index (χ3v) is 6.50. The molecule has 2 atom stereocenters. The molecule has 1 saturated carbocycles. The number of carbonyl (C=O) groups is 2. The lowest BCUT2D eigenvalue weighted by atomic mass is 10.0. The van der Waals surface area contributed by atoms with Crippen molar-refractivity contribution in [2.45, 2.75) is 47.0 Å². The van der Waals surface area contributed by atoms with Crippen molar-refractivity contribution in [3.63, 3.8) is 0 Å². The predicted molar refractivity (Wildman–Crippen MR) is 146 cm³/mol. The Balaban J connectivity index is 1.88. The average Bonchev–Trinajstić information content (AvgIpc) is 3.54. The summed E-state index contributed by atoms with van der Waals surface area (Å²) in [6, 6.07) is 13.1. The van der Waals surface area contributed by atoms with E-state index in [-0.39, 0.29) is 11.9 Å². The third-order valence-electron chi connectivity index (χ3n) is 5.93. The first-order valence-electron chi connectivity index (χ1n) is 12.4. The van der Waals surface area contributed by atoms with Crippen molar-refractivity contribution in [1.82, 2.24) is 4.72 Å². The largest absolute Gasteiger partial charge is 0.369 e. The van der Waals surface area contributed by atoms with Gasteiger partial charge >= 0.3 is 6.03 Å². The van der Waals surface area contributed by atoms with Crippen LogP contribution in [-0.2, 0) is 14.8 Å². The Morgan fingerprint density at radius 2 is 1.58 bits per heavy atom. The van der Waals surface area contributed by atoms with E-state index in [0.717, 1.165) is 36.2 Å². The van der Waals surface area contributed by atoms with Crippen molar-refractivity contribution in [2.24, 2.45) is 17.8 Å². The van der Waals surface area contributed by atoms with Gasteiger partial charge in [0.05, 0.1) is 17.6 Å². The van der Waals surface area contributed by atoms with Crippen molar-refractivity contribution in [2.75, 3.05) is 34.9 Å². The van der Waals surface area contributed by atoms with Crippen molar-refractivity contribution < 1.29 is 18.0 Å². The zero-order chi connectivity index (χ0) is 26.6. The minimum Gasteiger partial charge on any atom is -0.369 e. The molecule has 2 unspecified atom stereocenters. The molecule has 0 radical (unpaired) electrons. The Labute approximate surface area is 214 Å². The number of carbonyl (C=O) groups excluding carboxylic acids is 2. The van der Waals surface area contributed by atoms with Gasteiger partial charge in [-0.15, -0.1) is 0 Å². The van der Waals surface area contributed by atoms with E-state index in [1.807, 2.05) is 49.4 Å². The Hall–Kier alpha value is -3.07. The molecule has 2 aromatic carbocycles. The number of aryl methyl sites for hydroxylation is 1. The van der Waals surface area contributed by atoms with Crippen LogP contribution in [0.5, 0.6) is 0 Å². The van der Waals surface area contributed by atoms with Gasteiger partial charge in [0.2, 0.25) is 15.9 Å². The number of nitrogens with zero attached hydrogens (tertiary/aromatic N) is 1. The molecule has 0 aliphatic heterocycles. The van der Waals surface area contributed by atoms with E-state index in [1.165, 1.54) is 0 Å². The summed E-state index contributed by atoms with van der Waals surface area (Å²) in [6.07, 6.45) is 1.54. The number of nitrogens with one attached hydrogen (secondary N) is 3. The van der Waals surface area contributed by atoms with Gasteiger partial charge in [-0.2, -0.15) is 0 Å². The van der Waals surface area contributed by atoms with Crippen molar-refractivity contribution >= 4 is 39.0 Å². The monoisotopic (exact) mass is 514 g/mol. The molecule has 196 valence electrons. The molecule has 36 heavy (non-hydrogen) atoms. The van der Waals surface area contributed by atoms with Crippen LogP contribution in [0, 0.1) is 24.7 Å². The number of sulfonamides is 1. The van der Waals surface area contributed by atoms with Crippen molar-refractivity contribution in [1.29, 1.82) is 0 Å². The fourth-order valence-electron chi connectivity index (χ4n) is 4.35. The number of rotatable bonds is 10. The normalized spacial score (nSPS) is 17.1. The molecule has 0 bridgehead atoms. The van der Waals surface area contributed by atoms with E-state index >= 15 is 0 Å². The van der Waals surface area contributed by atoms with Crippen molar-refractivity contribution in [3.8, 4) is 0 Å². The zero-order valence-corrected chi connectivity index (χ0v) is 22.8. The van der Waals surface area contributed by atoms with Gasteiger partial charge in [0, 0.05) is 24.7 Å². The minimum absolute atomic E-state index is 0.0924. The molecule has 2 aromatic rings. The molecule has 8 nitrogen and oxygen atoms in total. The number of hydrogen-bond donors (Lipinski definition) is 3. The summed E-state index contributed by atoms with van der Waals surface area (Å²) in [5.41, 5.74) is 4.27. The fraction of sp³-hybridized carbons (Fsp3) is 0.481. The third kappa shape index (κ3) is 7.98. The topological polar surface area (TPSA) is 108 Å². The number of anilines is 3. The first-order valence-corrected chi connectivity index (χ1v) is 14.3. The van der Waals surface area contributed by atoms with Crippen LogP contribution in [0.3, 0.4) is 0 Å². The second kappa shape index (κ2) is 11.3. The van der Waals surface area contributed by atoms with Gasteiger partial charge in [-0.1, -0.05) is 51.5 Å². The van der Waals surface area contributed by atoms with Crippen LogP contribution in [0.2, 0.25) is 0 Å². The van der Waals surface area contributed by atoms with E-state index in [0.29, 0.717) is 29.6 Å². The van der Waals surface area contributed by atoms with Crippen LogP contribution in [-0.4, -0.2) is 39.7 Å². The SMILES string of the molecule is Cc1ccc(NC(=O)Nc2cc(C3CC3C(=O)NS(C)(=O)=O)ccc2N(CC(C)C)CC(C)C)cc1. The standard InChI is InChI=1S/C27H38N4O4S/c1-17(2)15-31(16-18(3)4)25-12-9-20(22-14-23(22)26(32)30-36(6,34)35)13-24(25)29-27(33)28-21-10-7-19(5)8-11-21/h7-13,17-18,22-23H,14-16H2,1-6H3,(H,30,32)(H2,28,29,33). The highest BCUT2D eigenvalue weighted by molar-refractivity contribution is 7.89. The number of amides is 3. The molecule has 9 heteroatoms. The lowest BCUT2D eigenvalue weighted by molar-refractivity contribution is -0.120. The van der Waals surface area contributed by atoms with Gasteiger partial charge in [0.1, 0.15) is 0 Å². The maximum absolute atomic E-state index is 12.9. The quantitative estimate of drug-likeness (QED) is 0.416. The highest BCUT2D eigenvalue weighted by Gasteiger charge is 2.45. The number of hydrogen-bond acceptors (Lipinski definition) is 5. The first kappa shape index (κ1) is 27.5. The van der Waals surface area contributed by atoms with Crippen LogP contribution >= 0.6 is 0 Å². The van der Waals surface area contributed by atoms with Gasteiger partial charge in [0.25, 0.3) is 0 Å². The molecular weight excluding hydrogens is 476 g/mol. The molecule has 1 fully saturated rings. The highest BCUT2D eigenvalue weighted by atomic mass is 32.2. The Morgan fingerprint density at radius 1 is 0.972 bits per heavy atom. The first-order chi connectivity index (χ1) is 16.8. The average molecular weight is 515 g/mol. The van der Waals surface area contributed by atoms with Gasteiger partial charge in [0.15, 0.2) is 0 Å². The van der Waals surface area contributed by atoms with E-state index in [4.69, 9.17) is 0 Å². The second-order valence-corrected chi connectivity index (χ2v) is 12.4. The Morgan fingerprint density at radius 3 is 2.14 bits per heavy atom. The lowest BCUT2D eigenvalue weighted by Crippen LogP contribution is -2.32. The molecule has 3 amide bonds. The zero-order valence-electron chi connectivity index (χ0n) is 22.0. The number of urea groups is 1. The van der Waals surface area contributed by atoms with Crippen LogP contribution in [0.1, 0.15) is 51.2 Å². The van der Waals surface area contributed by atoms with E-state index in [2.05, 4.69) is 48.0 Å². The summed E-state index contributed by atoms with van der Waals surface area (Å²) in [7, 11) is -3.60. The molecule has 1 aliphatic rings. The summed E-state index contributed by atoms with van der Waals surface area (Å²) in [4.78, 5) is 27.6. The summed E-state index contributed by atoms with van der Waals surface area (Å²) < 4.78 is 25.0. The lowest BCUT2D eigenvalue weighted by Gasteiger charge is -2.30. The second-order valence-electron chi connectivity index (χ2n) is 10.6. The molecule has 3 rings (SSSR count). The van der Waals surface area contributed by atoms with Crippen LogP contribution in [0.25, 0.3) is 0 Å². The van der Waals surface area contributed by atoms with Crippen LogP contribution in [0.15, 0.2) is 42.5 Å². The number of benzene rings is 2. The molecule has 0 aromatic heterocycles. The van der Waals surface area contributed by atoms with E-state index in [1.54, 1.807) is 0 Å².